The normalized spacial score (nSPS) is 14.7. The third-order valence-electron chi connectivity index (χ3n) is 6.46. The average molecular weight is 375 g/mol. The highest BCUT2D eigenvalue weighted by molar-refractivity contribution is 5.72. The number of benzene rings is 2. The molecule has 0 saturated carbocycles. The molecule has 0 aliphatic heterocycles. The second-order valence-corrected chi connectivity index (χ2v) is 9.76. The molecule has 2 rings (SSSR count). The van der Waals surface area contributed by atoms with E-state index >= 15 is 0 Å². The lowest BCUT2D eigenvalue weighted by molar-refractivity contribution is 0.208. The summed E-state index contributed by atoms with van der Waals surface area (Å²) < 4.78 is 0. The van der Waals surface area contributed by atoms with Gasteiger partial charge in [0.25, 0.3) is 0 Å². The summed E-state index contributed by atoms with van der Waals surface area (Å²) in [6.45, 7) is 24.5. The van der Waals surface area contributed by atoms with Crippen molar-refractivity contribution in [3.05, 3.63) is 82.4 Å². The summed E-state index contributed by atoms with van der Waals surface area (Å²) in [5.74, 6) is 0. The number of hydrogen-bond acceptors (Lipinski definition) is 0. The third kappa shape index (κ3) is 4.49. The lowest BCUT2D eigenvalue weighted by atomic mass is 9.60. The predicted molar refractivity (Wildman–Crippen MR) is 127 cm³/mol. The van der Waals surface area contributed by atoms with Crippen LogP contribution in [-0.2, 0) is 5.41 Å². The van der Waals surface area contributed by atoms with Crippen molar-refractivity contribution in [3.8, 4) is 0 Å². The van der Waals surface area contributed by atoms with E-state index in [2.05, 4.69) is 111 Å². The Bertz CT molecular complexity index is 882. The Labute approximate surface area is 173 Å². The van der Waals surface area contributed by atoms with Gasteiger partial charge >= 0.3 is 0 Å². The Kier molecular flexibility index (Phi) is 6.44. The van der Waals surface area contributed by atoms with Crippen LogP contribution < -0.4 is 0 Å². The monoisotopic (exact) mass is 374 g/mol. The maximum absolute atomic E-state index is 4.11. The van der Waals surface area contributed by atoms with Crippen molar-refractivity contribution in [1.29, 1.82) is 0 Å². The summed E-state index contributed by atoms with van der Waals surface area (Å²) in [6.07, 6.45) is 3.31. The zero-order valence-electron chi connectivity index (χ0n) is 19.5. The van der Waals surface area contributed by atoms with Gasteiger partial charge in [-0.25, -0.2) is 0 Å². The van der Waals surface area contributed by atoms with E-state index in [1.807, 2.05) is 0 Å². The van der Waals surface area contributed by atoms with E-state index in [0.717, 1.165) is 12.0 Å². The van der Waals surface area contributed by atoms with Crippen molar-refractivity contribution < 1.29 is 0 Å². The van der Waals surface area contributed by atoms with Crippen LogP contribution in [0.3, 0.4) is 0 Å². The lowest BCUT2D eigenvalue weighted by Crippen LogP contribution is -2.37. The fourth-order valence-electron chi connectivity index (χ4n) is 4.19. The molecule has 0 radical (unpaired) electrons. The highest BCUT2D eigenvalue weighted by atomic mass is 14.4. The van der Waals surface area contributed by atoms with Gasteiger partial charge in [0, 0.05) is 5.41 Å². The molecule has 0 aliphatic rings. The number of allylic oxidation sites excluding steroid dienone is 3. The molecule has 0 N–H and O–H groups in total. The van der Waals surface area contributed by atoms with Crippen molar-refractivity contribution >= 4 is 11.1 Å². The van der Waals surface area contributed by atoms with E-state index in [4.69, 9.17) is 0 Å². The molecular weight excluding hydrogens is 336 g/mol. The van der Waals surface area contributed by atoms with Gasteiger partial charge in [-0.2, -0.15) is 0 Å². The highest BCUT2D eigenvalue weighted by Gasteiger charge is 2.39. The number of aryl methyl sites for hydroxylation is 3. The Morgan fingerprint density at radius 3 is 1.93 bits per heavy atom. The van der Waals surface area contributed by atoms with Crippen LogP contribution in [0, 0.1) is 26.2 Å². The fraction of sp³-hybridized carbons (Fsp3) is 0.429. The summed E-state index contributed by atoms with van der Waals surface area (Å²) in [7, 11) is 0. The van der Waals surface area contributed by atoms with Crippen LogP contribution in [0.1, 0.15) is 81.3 Å². The third-order valence-corrected chi connectivity index (χ3v) is 6.46. The summed E-state index contributed by atoms with van der Waals surface area (Å²) >= 11 is 0. The van der Waals surface area contributed by atoms with Gasteiger partial charge in [-0.05, 0) is 74.3 Å². The average Bonchev–Trinajstić information content (AvgIpc) is 2.57. The molecule has 1 atom stereocenters. The molecule has 150 valence electrons. The van der Waals surface area contributed by atoms with E-state index in [0.29, 0.717) is 0 Å². The zero-order valence-corrected chi connectivity index (χ0v) is 19.5. The maximum atomic E-state index is 4.11. The molecule has 0 aromatic heterocycles. The molecule has 2 aromatic carbocycles. The van der Waals surface area contributed by atoms with Gasteiger partial charge in [0.15, 0.2) is 0 Å². The first kappa shape index (κ1) is 22.2. The van der Waals surface area contributed by atoms with E-state index < -0.39 is 0 Å². The summed E-state index contributed by atoms with van der Waals surface area (Å²) in [5.41, 5.74) is 10.7. The van der Waals surface area contributed by atoms with Gasteiger partial charge in [-0.3, -0.25) is 0 Å². The molecule has 0 amide bonds. The first-order valence-corrected chi connectivity index (χ1v) is 10.4. The molecule has 28 heavy (non-hydrogen) atoms. The van der Waals surface area contributed by atoms with Gasteiger partial charge in [0.05, 0.1) is 0 Å². The van der Waals surface area contributed by atoms with Gasteiger partial charge in [-0.1, -0.05) is 93.4 Å². The SMILES string of the molecule is C=C(C)c1ccc(/C(=C/C)C[C@@](C)(c2cc(C)cc(C)c2)C(C)(C)C)cc1C. The minimum absolute atomic E-state index is 0.0343. The first-order valence-electron chi connectivity index (χ1n) is 10.4. The van der Waals surface area contributed by atoms with Crippen molar-refractivity contribution in [1.82, 2.24) is 0 Å². The number of hydrogen-bond donors (Lipinski definition) is 0. The second-order valence-electron chi connectivity index (χ2n) is 9.76. The van der Waals surface area contributed by atoms with Gasteiger partial charge in [0.2, 0.25) is 0 Å². The van der Waals surface area contributed by atoms with Crippen LogP contribution in [0.5, 0.6) is 0 Å². The summed E-state index contributed by atoms with van der Waals surface area (Å²) in [5, 5.41) is 0. The lowest BCUT2D eigenvalue weighted by Gasteiger charge is -2.44. The maximum Gasteiger partial charge on any atom is 0.00138 e. The van der Waals surface area contributed by atoms with E-state index in [-0.39, 0.29) is 10.8 Å². The van der Waals surface area contributed by atoms with Crippen LogP contribution in [0.4, 0.5) is 0 Å². The fourth-order valence-corrected chi connectivity index (χ4v) is 4.19. The Morgan fingerprint density at radius 1 is 0.929 bits per heavy atom. The molecule has 0 bridgehead atoms. The van der Waals surface area contributed by atoms with Crippen molar-refractivity contribution in [2.24, 2.45) is 5.41 Å². The Balaban J connectivity index is 2.54. The smallest absolute Gasteiger partial charge is 0.00138 e. The van der Waals surface area contributed by atoms with E-state index in [1.54, 1.807) is 0 Å². The largest absolute Gasteiger partial charge is 0.0955 e. The Morgan fingerprint density at radius 2 is 1.50 bits per heavy atom. The van der Waals surface area contributed by atoms with Gasteiger partial charge in [0.1, 0.15) is 0 Å². The first-order chi connectivity index (χ1) is 12.9. The molecule has 0 heterocycles. The minimum atomic E-state index is 0.0343. The summed E-state index contributed by atoms with van der Waals surface area (Å²) in [4.78, 5) is 0. The topological polar surface area (TPSA) is 0 Å². The van der Waals surface area contributed by atoms with Crippen LogP contribution in [0.25, 0.3) is 11.1 Å². The zero-order chi connectivity index (χ0) is 21.3. The molecular formula is C28H38. The molecule has 0 spiro atoms. The molecule has 0 nitrogen and oxygen atoms in total. The highest BCUT2D eigenvalue weighted by Crippen LogP contribution is 2.48. The van der Waals surface area contributed by atoms with Crippen LogP contribution in [-0.4, -0.2) is 0 Å². The van der Waals surface area contributed by atoms with Crippen molar-refractivity contribution in [3.63, 3.8) is 0 Å². The molecule has 0 aliphatic carbocycles. The van der Waals surface area contributed by atoms with Gasteiger partial charge in [-0.15, -0.1) is 0 Å². The molecule has 2 aromatic rings. The Hall–Kier alpha value is -2.08. The molecule has 0 saturated heterocycles. The van der Waals surface area contributed by atoms with Crippen molar-refractivity contribution in [2.45, 2.75) is 74.1 Å². The van der Waals surface area contributed by atoms with Crippen LogP contribution in [0.2, 0.25) is 0 Å². The van der Waals surface area contributed by atoms with E-state index in [9.17, 15) is 0 Å². The molecule has 0 fully saturated rings. The quantitative estimate of drug-likeness (QED) is 0.492. The molecule has 0 unspecified atom stereocenters. The summed E-state index contributed by atoms with van der Waals surface area (Å²) in [6, 6.07) is 13.8. The standard InChI is InChI=1S/C28H38/c1-11-23(24-12-13-26(19(2)3)22(6)17-24)18-28(10,27(7,8)9)25-15-20(4)14-21(5)16-25/h11-17H,2,18H2,1,3-10H3/b23-11+/t28-/m0/s1. The van der Waals surface area contributed by atoms with Crippen LogP contribution in [0.15, 0.2) is 49.1 Å². The van der Waals surface area contributed by atoms with Crippen molar-refractivity contribution in [2.75, 3.05) is 0 Å². The predicted octanol–water partition coefficient (Wildman–Crippen LogP) is 8.44. The number of rotatable bonds is 5. The minimum Gasteiger partial charge on any atom is -0.0955 e. The van der Waals surface area contributed by atoms with Crippen LogP contribution >= 0.6 is 0 Å². The molecule has 0 heteroatoms. The van der Waals surface area contributed by atoms with Gasteiger partial charge < -0.3 is 0 Å². The second kappa shape index (κ2) is 8.11. The van der Waals surface area contributed by atoms with E-state index in [1.165, 1.54) is 39.0 Å².